The number of pyridine rings is 1. The van der Waals surface area contributed by atoms with E-state index in [2.05, 4.69) is 4.98 Å². The van der Waals surface area contributed by atoms with Gasteiger partial charge in [0.15, 0.2) is 0 Å². The van der Waals surface area contributed by atoms with Crippen LogP contribution in [0.3, 0.4) is 0 Å². The molecule has 0 N–H and O–H groups in total. The van der Waals surface area contributed by atoms with Crippen LogP contribution in [0, 0.1) is 11.3 Å². The maximum Gasteiger partial charge on any atom is 0.762 e. The van der Waals surface area contributed by atoms with Gasteiger partial charge in [-0.3, -0.25) is 17.9 Å². The number of aromatic nitrogens is 1. The quantitative estimate of drug-likeness (QED) is 0.559. The zero-order valence-electron chi connectivity index (χ0n) is 5.92. The van der Waals surface area contributed by atoms with E-state index >= 15 is 0 Å². The Bertz CT molecular complexity index is 244. The SMILES string of the molecule is FB(F)F.N#Cc1ccncc1. The van der Waals surface area contributed by atoms with E-state index in [0.29, 0.717) is 5.56 Å². The van der Waals surface area contributed by atoms with Gasteiger partial charge in [0, 0.05) is 12.4 Å². The number of rotatable bonds is 0. The fraction of sp³-hybridized carbons (Fsp3) is 0. The van der Waals surface area contributed by atoms with Crippen molar-refractivity contribution >= 4 is 7.54 Å². The highest BCUT2D eigenvalue weighted by molar-refractivity contribution is 6.33. The van der Waals surface area contributed by atoms with Gasteiger partial charge in [0.1, 0.15) is 0 Å². The second-order valence-electron chi connectivity index (χ2n) is 1.60. The summed E-state index contributed by atoms with van der Waals surface area (Å²) in [6.45, 7) is 0. The zero-order chi connectivity index (χ0) is 9.40. The molecule has 62 valence electrons. The first kappa shape index (κ1) is 10.5. The van der Waals surface area contributed by atoms with Crippen LogP contribution in [-0.2, 0) is 0 Å². The molecule has 0 radical (unpaired) electrons. The number of nitriles is 1. The maximum atomic E-state index is 9.67. The Balaban J connectivity index is 0.000000261. The molecule has 0 aliphatic rings. The third kappa shape index (κ3) is 6.61. The summed E-state index contributed by atoms with van der Waals surface area (Å²) < 4.78 is 29.0. The Morgan fingerprint density at radius 2 is 1.67 bits per heavy atom. The molecule has 0 unspecified atom stereocenters. The van der Waals surface area contributed by atoms with Gasteiger partial charge in [0.2, 0.25) is 0 Å². The minimum absolute atomic E-state index is 0.653. The largest absolute Gasteiger partial charge is 0.762 e. The third-order valence-electron chi connectivity index (χ3n) is 0.809. The lowest BCUT2D eigenvalue weighted by atomic mass is 10.3. The van der Waals surface area contributed by atoms with Crippen molar-refractivity contribution in [3.8, 4) is 6.07 Å². The van der Waals surface area contributed by atoms with E-state index in [1.54, 1.807) is 24.5 Å². The lowest BCUT2D eigenvalue weighted by molar-refractivity contribution is 0.535. The predicted octanol–water partition coefficient (Wildman–Crippen LogP) is 1.83. The molecule has 0 aromatic carbocycles. The van der Waals surface area contributed by atoms with Crippen molar-refractivity contribution in [2.24, 2.45) is 0 Å². The molecule has 0 aliphatic heterocycles. The summed E-state index contributed by atoms with van der Waals surface area (Å²) in [5.41, 5.74) is 0.653. The van der Waals surface area contributed by atoms with Crippen molar-refractivity contribution in [1.29, 1.82) is 5.26 Å². The summed E-state index contributed by atoms with van der Waals surface area (Å²) in [6.07, 6.45) is 3.19. The molecule has 0 saturated heterocycles. The summed E-state index contributed by atoms with van der Waals surface area (Å²) in [6, 6.07) is 5.32. The van der Waals surface area contributed by atoms with E-state index in [1.165, 1.54) is 0 Å². The third-order valence-corrected chi connectivity index (χ3v) is 0.809. The van der Waals surface area contributed by atoms with E-state index in [-0.39, 0.29) is 0 Å². The molecule has 1 aromatic heterocycles. The van der Waals surface area contributed by atoms with E-state index in [1.807, 2.05) is 6.07 Å². The second-order valence-corrected chi connectivity index (χ2v) is 1.60. The van der Waals surface area contributed by atoms with Crippen molar-refractivity contribution in [1.82, 2.24) is 4.98 Å². The summed E-state index contributed by atoms with van der Waals surface area (Å²) >= 11 is 0. The standard InChI is InChI=1S/C6H4N2.BF3/c7-5-6-1-3-8-4-2-6;2-1(3)4/h1-4H;. The number of halogens is 3. The van der Waals surface area contributed by atoms with Crippen LogP contribution in [0.4, 0.5) is 12.9 Å². The van der Waals surface area contributed by atoms with Crippen molar-refractivity contribution in [3.05, 3.63) is 30.1 Å². The van der Waals surface area contributed by atoms with Gasteiger partial charge in [-0.25, -0.2) is 0 Å². The summed E-state index contributed by atoms with van der Waals surface area (Å²) in [5.74, 6) is 0. The lowest BCUT2D eigenvalue weighted by Crippen LogP contribution is -1.76. The van der Waals surface area contributed by atoms with Gasteiger partial charge >= 0.3 is 7.54 Å². The van der Waals surface area contributed by atoms with Gasteiger partial charge in [0.05, 0.1) is 11.6 Å². The fourth-order valence-corrected chi connectivity index (χ4v) is 0.426. The van der Waals surface area contributed by atoms with Gasteiger partial charge in [-0.15, -0.1) is 0 Å². The molecular formula is C6H4BF3N2. The average molecular weight is 172 g/mol. The normalized spacial score (nSPS) is 7.50. The van der Waals surface area contributed by atoms with Gasteiger partial charge in [-0.2, -0.15) is 5.26 Å². The van der Waals surface area contributed by atoms with Crippen LogP contribution >= 0.6 is 0 Å². The Hall–Kier alpha value is -1.51. The molecule has 1 heterocycles. The first-order chi connectivity index (χ1) is 5.66. The highest BCUT2D eigenvalue weighted by Crippen LogP contribution is 1.89. The van der Waals surface area contributed by atoms with Gasteiger partial charge < -0.3 is 0 Å². The Morgan fingerprint density at radius 1 is 1.25 bits per heavy atom. The van der Waals surface area contributed by atoms with Crippen LogP contribution in [0.25, 0.3) is 0 Å². The van der Waals surface area contributed by atoms with Crippen LogP contribution in [0.1, 0.15) is 5.56 Å². The van der Waals surface area contributed by atoms with E-state index in [4.69, 9.17) is 5.26 Å². The smallest absolute Gasteiger partial charge is 0.265 e. The van der Waals surface area contributed by atoms with Gasteiger partial charge in [0.25, 0.3) is 0 Å². The van der Waals surface area contributed by atoms with Crippen molar-refractivity contribution in [2.75, 3.05) is 0 Å². The first-order valence-electron chi connectivity index (χ1n) is 2.89. The minimum Gasteiger partial charge on any atom is -0.265 e. The minimum atomic E-state index is -3.67. The number of hydrogen-bond acceptors (Lipinski definition) is 2. The fourth-order valence-electron chi connectivity index (χ4n) is 0.426. The van der Waals surface area contributed by atoms with Crippen LogP contribution in [0.5, 0.6) is 0 Å². The number of hydrogen-bond donors (Lipinski definition) is 0. The first-order valence-corrected chi connectivity index (χ1v) is 2.89. The molecule has 0 amide bonds. The summed E-state index contributed by atoms with van der Waals surface area (Å²) in [4.78, 5) is 3.74. The molecule has 0 bridgehead atoms. The van der Waals surface area contributed by atoms with Crippen molar-refractivity contribution in [2.45, 2.75) is 0 Å². The molecule has 2 nitrogen and oxygen atoms in total. The zero-order valence-corrected chi connectivity index (χ0v) is 5.92. The Morgan fingerprint density at radius 3 is 1.92 bits per heavy atom. The molecular weight excluding hydrogens is 168 g/mol. The highest BCUT2D eigenvalue weighted by atomic mass is 19.4. The van der Waals surface area contributed by atoms with Gasteiger partial charge in [-0.1, -0.05) is 0 Å². The highest BCUT2D eigenvalue weighted by Gasteiger charge is 2.06. The molecule has 6 heteroatoms. The number of nitrogens with zero attached hydrogens (tertiary/aromatic N) is 2. The summed E-state index contributed by atoms with van der Waals surface area (Å²) in [7, 11) is -3.67. The van der Waals surface area contributed by atoms with E-state index in [0.717, 1.165) is 0 Å². The molecule has 1 aromatic rings. The Labute approximate surface area is 67.9 Å². The van der Waals surface area contributed by atoms with Crippen LogP contribution in [0.2, 0.25) is 0 Å². The molecule has 0 saturated carbocycles. The maximum absolute atomic E-state index is 9.67. The van der Waals surface area contributed by atoms with Crippen LogP contribution in [0.15, 0.2) is 24.5 Å². The van der Waals surface area contributed by atoms with Crippen molar-refractivity contribution < 1.29 is 12.9 Å². The van der Waals surface area contributed by atoms with E-state index in [9.17, 15) is 12.9 Å². The second kappa shape index (κ2) is 6.22. The molecule has 12 heavy (non-hydrogen) atoms. The topological polar surface area (TPSA) is 36.7 Å². The van der Waals surface area contributed by atoms with E-state index < -0.39 is 7.54 Å². The Kier molecular flexibility index (Phi) is 5.44. The molecule has 0 aliphatic carbocycles. The van der Waals surface area contributed by atoms with Crippen molar-refractivity contribution in [3.63, 3.8) is 0 Å². The molecule has 0 fully saturated rings. The average Bonchev–Trinajstić information content (AvgIpc) is 2.05. The van der Waals surface area contributed by atoms with Crippen LogP contribution in [-0.4, -0.2) is 12.5 Å². The lowest BCUT2D eigenvalue weighted by Gasteiger charge is -1.79. The predicted molar refractivity (Wildman–Crippen MR) is 38.0 cm³/mol. The summed E-state index contributed by atoms with van der Waals surface area (Å²) in [5, 5.41) is 8.26. The molecule has 0 spiro atoms. The molecule has 0 atom stereocenters. The van der Waals surface area contributed by atoms with Crippen LogP contribution < -0.4 is 0 Å². The molecule has 1 rings (SSSR count). The monoisotopic (exact) mass is 172 g/mol. The van der Waals surface area contributed by atoms with Gasteiger partial charge in [-0.05, 0) is 12.1 Å².